The molecule has 6 nitrogen and oxygen atoms in total. The molecule has 2 atom stereocenters. The quantitative estimate of drug-likeness (QED) is 0.0323. The lowest BCUT2D eigenvalue weighted by Gasteiger charge is -2.20. The van der Waals surface area contributed by atoms with Crippen LogP contribution in [0.5, 0.6) is 0 Å². The Morgan fingerprint density at radius 3 is 1.34 bits per heavy atom. The van der Waals surface area contributed by atoms with E-state index in [-0.39, 0.29) is 18.5 Å². The Kier molecular flexibility index (Phi) is 46.7. The Labute approximate surface area is 366 Å². The van der Waals surface area contributed by atoms with E-state index in [4.69, 9.17) is 4.74 Å². The van der Waals surface area contributed by atoms with Crippen LogP contribution in [0, 0.1) is 0 Å². The van der Waals surface area contributed by atoms with Crippen molar-refractivity contribution >= 4 is 11.9 Å². The SMILES string of the molecule is CCCCC/C=C\C/C=C\CCCCCCCC(=O)OCCCCC/C=C\CCCCCCCC(=O)NC(CO)C(O)/C=C/CCCCCCCCCCCCCCC. The minimum Gasteiger partial charge on any atom is -0.466 e. The van der Waals surface area contributed by atoms with Crippen LogP contribution in [-0.4, -0.2) is 47.4 Å². The maximum absolute atomic E-state index is 12.4. The van der Waals surface area contributed by atoms with Crippen LogP contribution in [0.25, 0.3) is 0 Å². The topological polar surface area (TPSA) is 95.9 Å². The highest BCUT2D eigenvalue weighted by Crippen LogP contribution is 2.14. The molecule has 0 aliphatic rings. The summed E-state index contributed by atoms with van der Waals surface area (Å²) in [6.45, 7) is 4.80. The Morgan fingerprint density at radius 2 is 0.847 bits per heavy atom. The van der Waals surface area contributed by atoms with E-state index in [2.05, 4.69) is 55.6 Å². The van der Waals surface area contributed by atoms with E-state index in [0.717, 1.165) is 103 Å². The van der Waals surface area contributed by atoms with Gasteiger partial charge in [-0.1, -0.05) is 191 Å². The molecule has 0 heterocycles. The van der Waals surface area contributed by atoms with E-state index in [9.17, 15) is 19.8 Å². The molecular formula is C53H97NO5. The molecular weight excluding hydrogens is 731 g/mol. The molecule has 0 aliphatic heterocycles. The molecule has 0 saturated heterocycles. The highest BCUT2D eigenvalue weighted by Gasteiger charge is 2.18. The fraction of sp³-hybridized carbons (Fsp3) is 0.811. The van der Waals surface area contributed by atoms with Crippen molar-refractivity contribution in [1.82, 2.24) is 5.32 Å². The number of rotatable bonds is 46. The summed E-state index contributed by atoms with van der Waals surface area (Å²) in [6, 6.07) is -0.648. The second-order valence-corrected chi connectivity index (χ2v) is 17.1. The molecule has 2 unspecified atom stereocenters. The maximum atomic E-state index is 12.4. The molecule has 0 aromatic heterocycles. The first-order chi connectivity index (χ1) is 29.0. The van der Waals surface area contributed by atoms with Gasteiger partial charge in [0.1, 0.15) is 0 Å². The number of hydrogen-bond donors (Lipinski definition) is 3. The third-order valence-electron chi connectivity index (χ3n) is 11.3. The highest BCUT2D eigenvalue weighted by atomic mass is 16.5. The molecule has 0 spiro atoms. The summed E-state index contributed by atoms with van der Waals surface area (Å²) in [5.74, 6) is -0.135. The van der Waals surface area contributed by atoms with Crippen molar-refractivity contribution in [3.63, 3.8) is 0 Å². The lowest BCUT2D eigenvalue weighted by molar-refractivity contribution is -0.143. The van der Waals surface area contributed by atoms with Gasteiger partial charge in [-0.15, -0.1) is 0 Å². The summed E-state index contributed by atoms with van der Waals surface area (Å²) in [6.07, 6.45) is 59.6. The predicted octanol–water partition coefficient (Wildman–Crippen LogP) is 15.1. The van der Waals surface area contributed by atoms with Gasteiger partial charge in [0.15, 0.2) is 0 Å². The van der Waals surface area contributed by atoms with Crippen LogP contribution >= 0.6 is 0 Å². The van der Waals surface area contributed by atoms with E-state index in [1.165, 1.54) is 122 Å². The van der Waals surface area contributed by atoms with Gasteiger partial charge in [0.2, 0.25) is 5.91 Å². The van der Waals surface area contributed by atoms with Crippen molar-refractivity contribution in [3.8, 4) is 0 Å². The van der Waals surface area contributed by atoms with Crippen molar-refractivity contribution in [2.45, 2.75) is 264 Å². The molecule has 0 bridgehead atoms. The second kappa shape index (κ2) is 48.5. The number of nitrogens with one attached hydrogen (secondary N) is 1. The molecule has 0 saturated carbocycles. The Bertz CT molecular complexity index is 1000. The summed E-state index contributed by atoms with van der Waals surface area (Å²) < 4.78 is 5.43. The first kappa shape index (κ1) is 56.8. The third kappa shape index (κ3) is 45.2. The first-order valence-electron chi connectivity index (χ1n) is 25.4. The number of carbonyl (C=O) groups excluding carboxylic acids is 2. The summed E-state index contributed by atoms with van der Waals surface area (Å²) in [5, 5.41) is 23.0. The molecule has 0 radical (unpaired) electrons. The Morgan fingerprint density at radius 1 is 0.475 bits per heavy atom. The molecule has 3 N–H and O–H groups in total. The lowest BCUT2D eigenvalue weighted by atomic mass is 10.0. The molecule has 59 heavy (non-hydrogen) atoms. The number of amides is 1. The number of hydrogen-bond acceptors (Lipinski definition) is 5. The first-order valence-corrected chi connectivity index (χ1v) is 25.4. The van der Waals surface area contributed by atoms with Gasteiger partial charge in [-0.3, -0.25) is 9.59 Å². The molecule has 0 aliphatic carbocycles. The van der Waals surface area contributed by atoms with Crippen molar-refractivity contribution in [1.29, 1.82) is 0 Å². The summed E-state index contributed by atoms with van der Waals surface area (Å²) in [5.41, 5.74) is 0. The average Bonchev–Trinajstić information content (AvgIpc) is 3.24. The fourth-order valence-electron chi connectivity index (χ4n) is 7.36. The van der Waals surface area contributed by atoms with E-state index in [1.54, 1.807) is 6.08 Å². The van der Waals surface area contributed by atoms with E-state index in [0.29, 0.717) is 19.4 Å². The normalized spacial score (nSPS) is 13.1. The van der Waals surface area contributed by atoms with Crippen LogP contribution in [0.3, 0.4) is 0 Å². The predicted molar refractivity (Wildman–Crippen MR) is 255 cm³/mol. The fourth-order valence-corrected chi connectivity index (χ4v) is 7.36. The Hall–Kier alpha value is -2.18. The number of unbranched alkanes of at least 4 members (excludes halogenated alkanes) is 29. The summed E-state index contributed by atoms with van der Waals surface area (Å²) >= 11 is 0. The van der Waals surface area contributed by atoms with Crippen LogP contribution in [-0.2, 0) is 14.3 Å². The van der Waals surface area contributed by atoms with Crippen molar-refractivity contribution in [3.05, 3.63) is 48.6 Å². The van der Waals surface area contributed by atoms with Gasteiger partial charge in [0.05, 0.1) is 25.4 Å². The molecule has 0 fully saturated rings. The smallest absolute Gasteiger partial charge is 0.305 e. The van der Waals surface area contributed by atoms with Gasteiger partial charge >= 0.3 is 5.97 Å². The van der Waals surface area contributed by atoms with E-state index >= 15 is 0 Å². The number of esters is 1. The standard InChI is InChI=1S/C53H97NO5/c1-3-5-7-9-11-13-15-17-19-21-25-29-33-37-41-45-51(56)50(49-55)54-52(57)46-42-38-34-30-26-23-24-28-32-36-40-44-48-59-53(58)47-43-39-35-31-27-22-20-18-16-14-12-10-8-6-4-2/h12,14,18,20,24,28,41,45,50-51,55-56H,3-11,13,15-17,19,21-23,25-27,29-40,42-44,46-49H2,1-2H3,(H,54,57)/b14-12-,20-18-,28-24-,45-41+. The molecule has 6 heteroatoms. The van der Waals surface area contributed by atoms with Gasteiger partial charge in [-0.25, -0.2) is 0 Å². The van der Waals surface area contributed by atoms with Crippen LogP contribution in [0.1, 0.15) is 251 Å². The molecule has 344 valence electrons. The van der Waals surface area contributed by atoms with E-state index < -0.39 is 12.1 Å². The maximum Gasteiger partial charge on any atom is 0.305 e. The Balaban J connectivity index is 3.57. The highest BCUT2D eigenvalue weighted by molar-refractivity contribution is 5.76. The number of aliphatic hydroxyl groups excluding tert-OH is 2. The summed E-state index contributed by atoms with van der Waals surface area (Å²) in [7, 11) is 0. The number of carbonyl (C=O) groups is 2. The van der Waals surface area contributed by atoms with Gasteiger partial charge in [0.25, 0.3) is 0 Å². The molecule has 0 rings (SSSR count). The zero-order chi connectivity index (χ0) is 43.0. The van der Waals surface area contributed by atoms with Gasteiger partial charge < -0.3 is 20.3 Å². The van der Waals surface area contributed by atoms with Crippen LogP contribution in [0.2, 0.25) is 0 Å². The molecule has 1 amide bonds. The van der Waals surface area contributed by atoms with Gasteiger partial charge in [0, 0.05) is 12.8 Å². The zero-order valence-corrected chi connectivity index (χ0v) is 39.0. The van der Waals surface area contributed by atoms with Crippen molar-refractivity contribution in [2.24, 2.45) is 0 Å². The number of allylic oxidation sites excluding steroid dienone is 7. The lowest BCUT2D eigenvalue weighted by Crippen LogP contribution is -2.45. The minimum absolute atomic E-state index is 0.0393. The van der Waals surface area contributed by atoms with Crippen molar-refractivity contribution < 1.29 is 24.5 Å². The second-order valence-electron chi connectivity index (χ2n) is 17.1. The number of ether oxygens (including phenoxy) is 1. The van der Waals surface area contributed by atoms with Crippen LogP contribution in [0.15, 0.2) is 48.6 Å². The number of aliphatic hydroxyl groups is 2. The van der Waals surface area contributed by atoms with Gasteiger partial charge in [-0.05, 0) is 96.3 Å². The molecule has 0 aromatic rings. The largest absolute Gasteiger partial charge is 0.466 e. The van der Waals surface area contributed by atoms with Crippen LogP contribution < -0.4 is 5.32 Å². The monoisotopic (exact) mass is 828 g/mol. The molecule has 0 aromatic carbocycles. The summed E-state index contributed by atoms with van der Waals surface area (Å²) in [4.78, 5) is 24.4. The van der Waals surface area contributed by atoms with Gasteiger partial charge in [-0.2, -0.15) is 0 Å². The van der Waals surface area contributed by atoms with Crippen LogP contribution in [0.4, 0.5) is 0 Å². The minimum atomic E-state index is -0.862. The van der Waals surface area contributed by atoms with E-state index in [1.807, 2.05) is 6.08 Å². The van der Waals surface area contributed by atoms with Crippen molar-refractivity contribution in [2.75, 3.05) is 13.2 Å². The zero-order valence-electron chi connectivity index (χ0n) is 39.0. The third-order valence-corrected chi connectivity index (χ3v) is 11.3. The average molecular weight is 828 g/mol.